The van der Waals surface area contributed by atoms with Gasteiger partial charge in [-0.05, 0) is 63.9 Å². The van der Waals surface area contributed by atoms with Gasteiger partial charge in [0.05, 0.1) is 50.3 Å². The molecule has 17 nitrogen and oxygen atoms in total. The summed E-state index contributed by atoms with van der Waals surface area (Å²) in [6.07, 6.45) is -10.0. The predicted molar refractivity (Wildman–Crippen MR) is 270 cm³/mol. The van der Waals surface area contributed by atoms with Crippen LogP contribution in [-0.2, 0) is 81.6 Å². The number of benzene rings is 1. The van der Waals surface area contributed by atoms with E-state index in [1.165, 1.54) is 13.8 Å². The maximum Gasteiger partial charge on any atom is 0.527 e. The van der Waals surface area contributed by atoms with Crippen molar-refractivity contribution in [3.8, 4) is 0 Å². The first-order valence-electron chi connectivity index (χ1n) is 26.0. The number of halogens is 1. The molecule has 6 heterocycles. The number of carbonyl (C=O) groups excluding carboxylic acids is 2. The van der Waals surface area contributed by atoms with Gasteiger partial charge in [0.15, 0.2) is 43.3 Å². The molecule has 6 aliphatic heterocycles. The van der Waals surface area contributed by atoms with E-state index in [0.29, 0.717) is 19.1 Å². The molecule has 19 heteroatoms. The average Bonchev–Trinajstić information content (AvgIpc) is 3.31. The summed E-state index contributed by atoms with van der Waals surface area (Å²) in [6.45, 7) is 30.9. The van der Waals surface area contributed by atoms with Crippen LogP contribution in [0.25, 0.3) is 0 Å². The van der Waals surface area contributed by atoms with E-state index in [1.807, 2.05) is 52.8 Å². The standard InChI is InChI=1S/C52H82NO16.Al.HI.H/c1-24-26(3)38(22-57-21-37-19-17-16-18-20-37)64-48(28(24)5)65-41-29(6)33(10)59-49(31(41)8)67-43-27(4)25(2)32(9)60-50(43)66-42-30(7)34(11)61-51(46(42)62-36(13)55)68-45-40(53-35(12)54)47(56)63-39-23-58-52(14,15)69-44(39)45;;;/h16-20,24-34,38-51H,21-23H2,1-15H3,(H,53,54);;1H;/q-1;+2;;/p-1/t24?,25-,26+,27+,28?,29+,30+,31?,32?,33?,34?,38+,39?,40?,41+,42+,43?,44-,45-,46?,47-,48-,49+,50+,51+;;;/m1.../s1. The van der Waals surface area contributed by atoms with Gasteiger partial charge in [-0.2, -0.15) is 20.3 Å². The molecule has 6 aliphatic rings. The number of nitrogens with one attached hydrogen (secondary N) is 1. The summed E-state index contributed by atoms with van der Waals surface area (Å²) >= 11 is 1.17. The lowest BCUT2D eigenvalue weighted by molar-refractivity contribution is -0.394. The monoisotopic (exact) mass is 1130 g/mol. The molecule has 1 amide bonds. The van der Waals surface area contributed by atoms with Crippen LogP contribution in [0.2, 0.25) is 0 Å². The molecule has 0 bridgehead atoms. The quantitative estimate of drug-likeness (QED) is 0.104. The van der Waals surface area contributed by atoms with Gasteiger partial charge in [0.25, 0.3) is 0 Å². The van der Waals surface area contributed by atoms with Gasteiger partial charge in [-0.3, -0.25) is 9.59 Å². The van der Waals surface area contributed by atoms with E-state index < -0.39 is 104 Å². The first kappa shape index (κ1) is 57.6. The van der Waals surface area contributed by atoms with Crippen LogP contribution >= 0.6 is 20.3 Å². The molecule has 402 valence electrons. The zero-order chi connectivity index (χ0) is 51.6. The van der Waals surface area contributed by atoms with Gasteiger partial charge < -0.3 is 70.7 Å². The Balaban J connectivity index is 1.11. The minimum atomic E-state index is -1.18. The number of amides is 1. The molecule has 7 rings (SSSR count). The summed E-state index contributed by atoms with van der Waals surface area (Å²) in [5.74, 6) is -1.58. The Kier molecular flexibility index (Phi) is 20.2. The summed E-state index contributed by atoms with van der Waals surface area (Å²) in [6, 6.07) is 9.38. The van der Waals surface area contributed by atoms with E-state index in [1.54, 1.807) is 0 Å². The Morgan fingerprint density at radius 2 is 1.21 bits per heavy atom. The Hall–Kier alpha value is -1.10. The number of fused-ring (bicyclic) bond motifs is 1. The molecule has 0 aromatic heterocycles. The first-order chi connectivity index (χ1) is 33.6. The molecule has 1 aromatic rings. The molecule has 25 atom stereocenters. The van der Waals surface area contributed by atoms with Gasteiger partial charge in [-0.25, -0.2) is 0 Å². The third kappa shape index (κ3) is 13.5. The van der Waals surface area contributed by atoms with Gasteiger partial charge >= 0.3 is 18.2 Å². The zero-order valence-corrected chi connectivity index (χ0v) is 48.1. The third-order valence-electron chi connectivity index (χ3n) is 16.6. The highest BCUT2D eigenvalue weighted by molar-refractivity contribution is 14.1. The van der Waals surface area contributed by atoms with Crippen molar-refractivity contribution < 1.29 is 75.0 Å². The summed E-state index contributed by atoms with van der Waals surface area (Å²) in [4.78, 5) is 25.9. The Bertz CT molecular complexity index is 1870. The Morgan fingerprint density at radius 3 is 1.86 bits per heavy atom. The van der Waals surface area contributed by atoms with Crippen molar-refractivity contribution in [2.75, 3.05) is 13.2 Å². The fourth-order valence-corrected chi connectivity index (χ4v) is 12.6. The minimum absolute atomic E-state index is 0.0273. The van der Waals surface area contributed by atoms with Gasteiger partial charge in [-0.1, -0.05) is 85.7 Å². The number of ether oxygens (including phenoxy) is 13. The van der Waals surface area contributed by atoms with Gasteiger partial charge in [0.1, 0.15) is 36.6 Å². The largest absolute Gasteiger partial charge is 0.527 e. The molecule has 6 fully saturated rings. The van der Waals surface area contributed by atoms with Crippen LogP contribution in [0.5, 0.6) is 0 Å². The van der Waals surface area contributed by atoms with E-state index in [9.17, 15) is 9.59 Å². The van der Waals surface area contributed by atoms with Crippen LogP contribution in [0.4, 0.5) is 0 Å². The summed E-state index contributed by atoms with van der Waals surface area (Å²) in [5, 5.41) is 3.00. The molecule has 0 aliphatic carbocycles. The van der Waals surface area contributed by atoms with Crippen LogP contribution in [0, 0.1) is 47.3 Å². The lowest BCUT2D eigenvalue weighted by atomic mass is 9.78. The highest BCUT2D eigenvalue weighted by Crippen LogP contribution is 2.44. The van der Waals surface area contributed by atoms with E-state index in [0.717, 1.165) is 5.56 Å². The van der Waals surface area contributed by atoms with Crippen LogP contribution in [0.1, 0.15) is 109 Å². The van der Waals surface area contributed by atoms with Crippen molar-refractivity contribution in [3.05, 3.63) is 35.9 Å². The van der Waals surface area contributed by atoms with Gasteiger partial charge in [-0.15, -0.1) is 0 Å². The van der Waals surface area contributed by atoms with E-state index in [2.05, 4.69) is 93.1 Å². The minimum Gasteiger partial charge on any atom is -0.471 e. The highest BCUT2D eigenvalue weighted by Gasteiger charge is 2.57. The number of esters is 1. The van der Waals surface area contributed by atoms with Crippen molar-refractivity contribution >= 4 is 44.4 Å². The SMILES string of the molecule is CC(=O)NC1[C@H]([O][AlH][I])OC2COC(C)(C)O[C@H]2[C@@H]1O[C@@H]1OC(C)[C@H](C)[C@H](O[C@@H]2OC(C)[C@H](C)[C@H](C)C2O[C@@H]2OC(C)[C@H](C)[C@H](O[C@H]3O[C@@H](COCc4ccccc4)[C@@H](C)C(C)C3C)C2C)C1OC(C)=O. The fourth-order valence-electron chi connectivity index (χ4n) is 11.1. The average molecular weight is 1130 g/mol. The normalized spacial score (nSPS) is 45.8. The first-order valence-corrected chi connectivity index (χ1v) is 31.7. The molecular formula is C52H83AlINO16. The second-order valence-corrected chi connectivity index (χ2v) is 24.3. The summed E-state index contributed by atoms with van der Waals surface area (Å²) in [7, 11) is 0. The van der Waals surface area contributed by atoms with Crippen molar-refractivity contribution in [3.63, 3.8) is 0 Å². The number of carbonyl (C=O) groups is 2. The second-order valence-electron chi connectivity index (χ2n) is 21.9. The van der Waals surface area contributed by atoms with E-state index in [-0.39, 0.29) is 78.4 Å². The second kappa shape index (κ2) is 24.9. The van der Waals surface area contributed by atoms with Crippen molar-refractivity contribution in [2.45, 2.75) is 221 Å². The number of hydrogen-bond donors (Lipinski definition) is 1. The molecule has 71 heavy (non-hydrogen) atoms. The highest BCUT2D eigenvalue weighted by atomic mass is 127. The Morgan fingerprint density at radius 1 is 0.634 bits per heavy atom. The van der Waals surface area contributed by atoms with Crippen molar-refractivity contribution in [1.29, 1.82) is 0 Å². The number of rotatable bonds is 16. The van der Waals surface area contributed by atoms with Crippen LogP contribution in [0.3, 0.4) is 0 Å². The summed E-state index contributed by atoms with van der Waals surface area (Å²) < 4.78 is 92.8. The maximum atomic E-state index is 13.1. The Labute approximate surface area is 439 Å². The lowest BCUT2D eigenvalue weighted by Gasteiger charge is -2.53. The topological polar surface area (TPSA) is 175 Å². The molecular weight excluding hydrogens is 1050 g/mol. The zero-order valence-electron chi connectivity index (χ0n) is 44.6. The van der Waals surface area contributed by atoms with Crippen LogP contribution in [0.15, 0.2) is 30.3 Å². The molecule has 0 radical (unpaired) electrons. The predicted octanol–water partition coefficient (Wildman–Crippen LogP) is 6.82. The molecule has 0 spiro atoms. The third-order valence-corrected chi connectivity index (χ3v) is 18.1. The lowest BCUT2D eigenvalue weighted by Crippen LogP contribution is -2.70. The van der Waals surface area contributed by atoms with Gasteiger partial charge in [0.2, 0.25) is 5.91 Å². The molecule has 1 N–H and O–H groups in total. The van der Waals surface area contributed by atoms with E-state index >= 15 is 0 Å². The van der Waals surface area contributed by atoms with Crippen LogP contribution < -0.4 is 5.32 Å². The van der Waals surface area contributed by atoms with E-state index in [4.69, 9.17) is 65.4 Å². The fraction of sp³-hybridized carbons (Fsp3) is 0.846. The van der Waals surface area contributed by atoms with Crippen molar-refractivity contribution in [1.82, 2.24) is 5.32 Å². The van der Waals surface area contributed by atoms with Crippen LogP contribution in [-0.4, -0.2) is 148 Å². The number of hydrogen-bond acceptors (Lipinski definition) is 16. The smallest absolute Gasteiger partial charge is 0.471 e. The van der Waals surface area contributed by atoms with Crippen molar-refractivity contribution in [2.24, 2.45) is 47.3 Å². The van der Waals surface area contributed by atoms with Gasteiger partial charge in [0, 0.05) is 37.5 Å². The molecule has 10 unspecified atom stereocenters. The molecule has 0 saturated carbocycles. The molecule has 1 aromatic carbocycles. The maximum absolute atomic E-state index is 13.1. The molecule has 6 saturated heterocycles. The summed E-state index contributed by atoms with van der Waals surface area (Å²) in [5.41, 5.74) is 1.12.